The molecule has 0 saturated heterocycles. The summed E-state index contributed by atoms with van der Waals surface area (Å²) in [6.07, 6.45) is 88.6. The van der Waals surface area contributed by atoms with Crippen molar-refractivity contribution in [2.24, 2.45) is 0 Å². The van der Waals surface area contributed by atoms with E-state index in [0.29, 0.717) is 19.3 Å². The van der Waals surface area contributed by atoms with Crippen LogP contribution in [0.1, 0.15) is 445 Å². The van der Waals surface area contributed by atoms with Crippen LogP contribution in [-0.2, 0) is 28.6 Å². The molecule has 6 heteroatoms. The van der Waals surface area contributed by atoms with E-state index in [4.69, 9.17) is 14.2 Å². The van der Waals surface area contributed by atoms with Gasteiger partial charge in [0, 0.05) is 19.3 Å². The van der Waals surface area contributed by atoms with Gasteiger partial charge in [0.2, 0.25) is 0 Å². The third-order valence-electron chi connectivity index (χ3n) is 17.8. The van der Waals surface area contributed by atoms with E-state index in [0.717, 1.165) is 57.8 Å². The van der Waals surface area contributed by atoms with Crippen molar-refractivity contribution in [3.63, 3.8) is 0 Å². The number of hydrogen-bond donors (Lipinski definition) is 0. The smallest absolute Gasteiger partial charge is 0.306 e. The predicted molar refractivity (Wildman–Crippen MR) is 363 cm³/mol. The van der Waals surface area contributed by atoms with Gasteiger partial charge in [-0.15, -0.1) is 0 Å². The van der Waals surface area contributed by atoms with E-state index in [1.54, 1.807) is 0 Å². The summed E-state index contributed by atoms with van der Waals surface area (Å²) in [4.78, 5) is 38.4. The van der Waals surface area contributed by atoms with Gasteiger partial charge in [-0.2, -0.15) is 0 Å². The predicted octanol–water partition coefficient (Wildman–Crippen LogP) is 26.3. The molecule has 1 atom stereocenters. The Morgan fingerprint density at radius 3 is 0.602 bits per heavy atom. The molecule has 0 N–H and O–H groups in total. The number of allylic oxidation sites excluding steroid dienone is 2. The lowest BCUT2D eigenvalue weighted by atomic mass is 10.0. The fourth-order valence-electron chi connectivity index (χ4n) is 12.0. The lowest BCUT2D eigenvalue weighted by molar-refractivity contribution is -0.167. The molecule has 0 saturated carbocycles. The van der Waals surface area contributed by atoms with Crippen LogP contribution in [0.5, 0.6) is 0 Å². The van der Waals surface area contributed by atoms with Gasteiger partial charge in [-0.05, 0) is 44.9 Å². The van der Waals surface area contributed by atoms with E-state index in [1.807, 2.05) is 0 Å². The van der Waals surface area contributed by atoms with Crippen molar-refractivity contribution in [2.45, 2.75) is 451 Å². The maximum absolute atomic E-state index is 13.0. The quantitative estimate of drug-likeness (QED) is 0.0261. The molecule has 492 valence electrons. The molecule has 0 fully saturated rings. The molecule has 0 aromatic rings. The summed E-state index contributed by atoms with van der Waals surface area (Å²) in [6, 6.07) is 0. The molecule has 6 nitrogen and oxygen atoms in total. The molecule has 1 unspecified atom stereocenters. The van der Waals surface area contributed by atoms with Crippen molar-refractivity contribution in [1.82, 2.24) is 0 Å². The number of ether oxygens (including phenoxy) is 3. The minimum atomic E-state index is -0.766. The second-order valence-corrected chi connectivity index (χ2v) is 26.3. The van der Waals surface area contributed by atoms with Crippen molar-refractivity contribution in [1.29, 1.82) is 0 Å². The average Bonchev–Trinajstić information content (AvgIpc) is 3.48. The normalized spacial score (nSPS) is 12.0. The first kappa shape index (κ1) is 81.2. The van der Waals surface area contributed by atoms with Crippen molar-refractivity contribution in [2.75, 3.05) is 13.2 Å². The van der Waals surface area contributed by atoms with Gasteiger partial charge < -0.3 is 14.2 Å². The zero-order valence-corrected chi connectivity index (χ0v) is 56.8. The van der Waals surface area contributed by atoms with Gasteiger partial charge in [-0.1, -0.05) is 392 Å². The Bertz CT molecular complexity index is 1300. The number of hydrogen-bond acceptors (Lipinski definition) is 6. The Labute approximate surface area is 520 Å². The summed E-state index contributed by atoms with van der Waals surface area (Å²) in [5.74, 6) is -0.828. The first-order valence-electron chi connectivity index (χ1n) is 38.2. The van der Waals surface area contributed by atoms with Crippen LogP contribution in [0.3, 0.4) is 0 Å². The molecule has 0 spiro atoms. The summed E-state index contributed by atoms with van der Waals surface area (Å²) in [7, 11) is 0. The third-order valence-corrected chi connectivity index (χ3v) is 17.8. The monoisotopic (exact) mass is 1170 g/mol. The Balaban J connectivity index is 4.06. The van der Waals surface area contributed by atoms with Crippen molar-refractivity contribution in [3.8, 4) is 0 Å². The maximum atomic E-state index is 13.0. The van der Waals surface area contributed by atoms with Crippen LogP contribution < -0.4 is 0 Å². The van der Waals surface area contributed by atoms with Crippen molar-refractivity contribution < 1.29 is 28.6 Å². The summed E-state index contributed by atoms with van der Waals surface area (Å²) in [5.41, 5.74) is 0. The molecular formula is C77H148O6. The summed E-state index contributed by atoms with van der Waals surface area (Å²) >= 11 is 0. The Hall–Kier alpha value is -1.85. The Morgan fingerprint density at radius 2 is 0.398 bits per heavy atom. The number of unbranched alkanes of at least 4 members (excludes halogenated alkanes) is 59. The third kappa shape index (κ3) is 70.8. The van der Waals surface area contributed by atoms with Crippen LogP contribution >= 0.6 is 0 Å². The Morgan fingerprint density at radius 1 is 0.229 bits per heavy atom. The highest BCUT2D eigenvalue weighted by Crippen LogP contribution is 2.20. The SMILES string of the molecule is CCCCCCCCCC/C=C\CCCCCCCCCCCCCCCC(=O)OC(COC(=O)CCCCCCCCCCCC)COC(=O)CCCCCCCCCCCCCCCCCCCCCCCCCCCCCCCC. The molecular weight excluding hydrogens is 1020 g/mol. The second kappa shape index (κ2) is 72.6. The van der Waals surface area contributed by atoms with E-state index in [9.17, 15) is 14.4 Å². The van der Waals surface area contributed by atoms with E-state index in [1.165, 1.54) is 347 Å². The number of rotatable bonds is 72. The first-order chi connectivity index (χ1) is 41.0. The highest BCUT2D eigenvalue weighted by molar-refractivity contribution is 5.71. The summed E-state index contributed by atoms with van der Waals surface area (Å²) in [6.45, 7) is 6.72. The minimum Gasteiger partial charge on any atom is -0.462 e. The molecule has 0 heterocycles. The number of carbonyl (C=O) groups is 3. The molecule has 0 bridgehead atoms. The molecule has 0 aliphatic carbocycles. The number of esters is 3. The molecule has 0 aliphatic heterocycles. The van der Waals surface area contributed by atoms with Crippen molar-refractivity contribution >= 4 is 17.9 Å². The summed E-state index contributed by atoms with van der Waals surface area (Å²) < 4.78 is 17.0. The lowest BCUT2D eigenvalue weighted by Gasteiger charge is -2.18. The van der Waals surface area contributed by atoms with Crippen LogP contribution in [0.4, 0.5) is 0 Å². The van der Waals surface area contributed by atoms with E-state index in [2.05, 4.69) is 32.9 Å². The number of carbonyl (C=O) groups excluding carboxylic acids is 3. The standard InChI is InChI=1S/C77H148O6/c1-4-7-10-13-16-19-22-24-26-28-30-32-34-36-37-38-39-40-42-43-45-47-49-51-53-55-58-61-64-67-70-76(79)82-73-74(72-81-75(78)69-66-63-60-57-21-18-15-12-9-6-3)83-77(80)71-68-65-62-59-56-54-52-50-48-46-44-41-35-33-31-29-27-25-23-20-17-14-11-8-5-2/h29,31,74H,4-28,30,32-73H2,1-3H3/b31-29-. The zero-order chi connectivity index (χ0) is 59.9. The van der Waals surface area contributed by atoms with Gasteiger partial charge in [0.05, 0.1) is 0 Å². The molecule has 0 amide bonds. The van der Waals surface area contributed by atoms with Gasteiger partial charge >= 0.3 is 17.9 Å². The minimum absolute atomic E-state index is 0.0627. The van der Waals surface area contributed by atoms with E-state index in [-0.39, 0.29) is 31.1 Å². The average molecular weight is 1170 g/mol. The summed E-state index contributed by atoms with van der Waals surface area (Å²) in [5, 5.41) is 0. The van der Waals surface area contributed by atoms with E-state index < -0.39 is 6.10 Å². The fourth-order valence-corrected chi connectivity index (χ4v) is 12.0. The molecule has 0 rings (SSSR count). The molecule has 0 aromatic heterocycles. The Kier molecular flexibility index (Phi) is 71.0. The van der Waals surface area contributed by atoms with Gasteiger partial charge in [0.1, 0.15) is 13.2 Å². The molecule has 0 aromatic carbocycles. The van der Waals surface area contributed by atoms with Crippen LogP contribution in [0.25, 0.3) is 0 Å². The van der Waals surface area contributed by atoms with E-state index >= 15 is 0 Å². The van der Waals surface area contributed by atoms with Gasteiger partial charge in [-0.3, -0.25) is 14.4 Å². The van der Waals surface area contributed by atoms with Gasteiger partial charge in [-0.25, -0.2) is 0 Å². The molecule has 83 heavy (non-hydrogen) atoms. The van der Waals surface area contributed by atoms with Crippen LogP contribution in [-0.4, -0.2) is 37.2 Å². The fraction of sp³-hybridized carbons (Fsp3) is 0.935. The van der Waals surface area contributed by atoms with Crippen LogP contribution in [0, 0.1) is 0 Å². The van der Waals surface area contributed by atoms with Gasteiger partial charge in [0.25, 0.3) is 0 Å². The molecule has 0 aliphatic rings. The lowest BCUT2D eigenvalue weighted by Crippen LogP contribution is -2.30. The van der Waals surface area contributed by atoms with Gasteiger partial charge in [0.15, 0.2) is 6.10 Å². The topological polar surface area (TPSA) is 78.9 Å². The zero-order valence-electron chi connectivity index (χ0n) is 56.8. The second-order valence-electron chi connectivity index (χ2n) is 26.3. The molecule has 0 radical (unpaired) electrons. The first-order valence-corrected chi connectivity index (χ1v) is 38.2. The highest BCUT2D eigenvalue weighted by Gasteiger charge is 2.20. The largest absolute Gasteiger partial charge is 0.462 e. The van der Waals surface area contributed by atoms with Crippen molar-refractivity contribution in [3.05, 3.63) is 12.2 Å². The van der Waals surface area contributed by atoms with Crippen LogP contribution in [0.2, 0.25) is 0 Å². The highest BCUT2D eigenvalue weighted by atomic mass is 16.6. The maximum Gasteiger partial charge on any atom is 0.306 e. The van der Waals surface area contributed by atoms with Crippen LogP contribution in [0.15, 0.2) is 12.2 Å².